The number of nitrogens with one attached hydrogen (secondary N) is 2. The van der Waals surface area contributed by atoms with Crippen molar-refractivity contribution in [3.05, 3.63) is 18.2 Å². The third-order valence-corrected chi connectivity index (χ3v) is 2.95. The summed E-state index contributed by atoms with van der Waals surface area (Å²) in [5.74, 6) is 0.461. The van der Waals surface area contributed by atoms with Gasteiger partial charge in [0.1, 0.15) is 12.4 Å². The van der Waals surface area contributed by atoms with Gasteiger partial charge in [-0.1, -0.05) is 0 Å². The molecule has 0 aliphatic carbocycles. The van der Waals surface area contributed by atoms with Crippen molar-refractivity contribution in [1.82, 2.24) is 0 Å². The highest BCUT2D eigenvalue weighted by molar-refractivity contribution is 5.98. The number of ether oxygens (including phenoxy) is 2. The van der Waals surface area contributed by atoms with E-state index in [1.807, 2.05) is 13.8 Å². The highest BCUT2D eigenvalue weighted by Gasteiger charge is 2.32. The highest BCUT2D eigenvalue weighted by atomic mass is 16.5. The Morgan fingerprint density at radius 2 is 2.25 bits per heavy atom. The first-order valence-corrected chi connectivity index (χ1v) is 6.44. The maximum absolute atomic E-state index is 12.0. The Morgan fingerprint density at radius 1 is 1.50 bits per heavy atom. The molecule has 0 aromatic heterocycles. The average molecular weight is 278 g/mol. The number of carbonyl (C=O) groups is 2. The second-order valence-electron chi connectivity index (χ2n) is 5.18. The van der Waals surface area contributed by atoms with Gasteiger partial charge in [0.25, 0.3) is 0 Å². The zero-order valence-corrected chi connectivity index (χ0v) is 11.8. The summed E-state index contributed by atoms with van der Waals surface area (Å²) >= 11 is 0. The van der Waals surface area contributed by atoms with E-state index in [2.05, 4.69) is 10.6 Å². The van der Waals surface area contributed by atoms with Crippen LogP contribution in [0, 0.1) is 5.41 Å². The molecular formula is C14H18N2O4. The molecule has 0 atom stereocenters. The summed E-state index contributed by atoms with van der Waals surface area (Å²) in [4.78, 5) is 23.4. The van der Waals surface area contributed by atoms with E-state index in [0.29, 0.717) is 30.3 Å². The number of hydrogen-bond acceptors (Lipinski definition) is 4. The lowest BCUT2D eigenvalue weighted by molar-refractivity contribution is -0.124. The minimum absolute atomic E-state index is 0.121. The van der Waals surface area contributed by atoms with Gasteiger partial charge < -0.3 is 14.8 Å². The molecule has 2 N–H and O–H groups in total. The molecule has 2 rings (SSSR count). The molecule has 0 saturated carbocycles. The third-order valence-electron chi connectivity index (χ3n) is 2.95. The summed E-state index contributed by atoms with van der Waals surface area (Å²) in [6.07, 6.45) is -0.534. The van der Waals surface area contributed by atoms with E-state index in [-0.39, 0.29) is 5.91 Å². The van der Waals surface area contributed by atoms with Crippen LogP contribution in [0.25, 0.3) is 0 Å². The SMILES string of the molecule is CCOC(=O)Nc1ccc2c(c1)NC(=O)C(C)(C)CO2. The van der Waals surface area contributed by atoms with Gasteiger partial charge in [-0.3, -0.25) is 10.1 Å². The maximum Gasteiger partial charge on any atom is 0.411 e. The monoisotopic (exact) mass is 278 g/mol. The van der Waals surface area contributed by atoms with Crippen molar-refractivity contribution in [2.75, 3.05) is 23.8 Å². The van der Waals surface area contributed by atoms with Gasteiger partial charge in [-0.2, -0.15) is 0 Å². The molecule has 1 heterocycles. The van der Waals surface area contributed by atoms with Crippen LogP contribution < -0.4 is 15.4 Å². The standard InChI is InChI=1S/C14H18N2O4/c1-4-19-13(18)15-9-5-6-11-10(7-9)16-12(17)14(2,3)8-20-11/h5-7H,4,8H2,1-3H3,(H,15,18)(H,16,17). The molecule has 1 aromatic carbocycles. The zero-order valence-electron chi connectivity index (χ0n) is 11.8. The number of hydrogen-bond donors (Lipinski definition) is 2. The molecule has 0 radical (unpaired) electrons. The van der Waals surface area contributed by atoms with Crippen LogP contribution >= 0.6 is 0 Å². The molecule has 6 nitrogen and oxygen atoms in total. The van der Waals surface area contributed by atoms with Gasteiger partial charge in [0.05, 0.1) is 17.7 Å². The van der Waals surface area contributed by atoms with Gasteiger partial charge in [-0.15, -0.1) is 0 Å². The lowest BCUT2D eigenvalue weighted by Crippen LogP contribution is -2.33. The first-order chi connectivity index (χ1) is 9.42. The van der Waals surface area contributed by atoms with Crippen molar-refractivity contribution >= 4 is 23.4 Å². The van der Waals surface area contributed by atoms with Crippen molar-refractivity contribution in [2.45, 2.75) is 20.8 Å². The molecule has 1 aliphatic heterocycles. The number of amides is 2. The molecular weight excluding hydrogens is 260 g/mol. The van der Waals surface area contributed by atoms with E-state index in [4.69, 9.17) is 9.47 Å². The number of anilines is 2. The Balaban J connectivity index is 2.20. The molecule has 0 fully saturated rings. The van der Waals surface area contributed by atoms with E-state index in [9.17, 15) is 9.59 Å². The minimum atomic E-state index is -0.603. The summed E-state index contributed by atoms with van der Waals surface area (Å²) in [6.45, 7) is 5.95. The molecule has 20 heavy (non-hydrogen) atoms. The van der Waals surface area contributed by atoms with E-state index < -0.39 is 11.5 Å². The van der Waals surface area contributed by atoms with Crippen LogP contribution in [-0.4, -0.2) is 25.2 Å². The van der Waals surface area contributed by atoms with Gasteiger partial charge in [0.15, 0.2) is 0 Å². The fourth-order valence-corrected chi connectivity index (χ4v) is 1.73. The predicted octanol–water partition coefficient (Wildman–Crippen LogP) is 2.61. The molecule has 0 spiro atoms. The van der Waals surface area contributed by atoms with Gasteiger partial charge >= 0.3 is 6.09 Å². The van der Waals surface area contributed by atoms with Crippen LogP contribution in [0.15, 0.2) is 18.2 Å². The maximum atomic E-state index is 12.0. The lowest BCUT2D eigenvalue weighted by Gasteiger charge is -2.18. The number of fused-ring (bicyclic) bond motifs is 1. The van der Waals surface area contributed by atoms with Crippen molar-refractivity contribution in [2.24, 2.45) is 5.41 Å². The lowest BCUT2D eigenvalue weighted by atomic mass is 9.94. The van der Waals surface area contributed by atoms with Crippen LogP contribution in [0.1, 0.15) is 20.8 Å². The summed E-state index contributed by atoms with van der Waals surface area (Å²) < 4.78 is 10.4. The summed E-state index contributed by atoms with van der Waals surface area (Å²) in [5.41, 5.74) is 0.467. The van der Waals surface area contributed by atoms with E-state index >= 15 is 0 Å². The number of carbonyl (C=O) groups excluding carboxylic acids is 2. The van der Waals surface area contributed by atoms with E-state index in [0.717, 1.165) is 0 Å². The molecule has 1 aromatic rings. The van der Waals surface area contributed by atoms with Crippen molar-refractivity contribution in [1.29, 1.82) is 0 Å². The summed E-state index contributed by atoms with van der Waals surface area (Å²) in [5, 5.41) is 5.38. The number of rotatable bonds is 2. The second kappa shape index (κ2) is 5.40. The van der Waals surface area contributed by atoms with E-state index in [1.54, 1.807) is 25.1 Å². The Kier molecular flexibility index (Phi) is 3.83. The molecule has 1 aliphatic rings. The van der Waals surface area contributed by atoms with Gasteiger partial charge in [0, 0.05) is 5.69 Å². The molecule has 6 heteroatoms. The molecule has 0 saturated heterocycles. The largest absolute Gasteiger partial charge is 0.490 e. The van der Waals surface area contributed by atoms with Crippen LogP contribution in [0.4, 0.5) is 16.2 Å². The van der Waals surface area contributed by atoms with Crippen molar-refractivity contribution < 1.29 is 19.1 Å². The first kappa shape index (κ1) is 14.2. The summed E-state index contributed by atoms with van der Waals surface area (Å²) in [7, 11) is 0. The van der Waals surface area contributed by atoms with Crippen LogP contribution in [0.3, 0.4) is 0 Å². The molecule has 2 amide bonds. The van der Waals surface area contributed by atoms with Crippen molar-refractivity contribution in [3.63, 3.8) is 0 Å². The highest BCUT2D eigenvalue weighted by Crippen LogP contribution is 2.34. The average Bonchev–Trinajstić information content (AvgIpc) is 2.47. The van der Waals surface area contributed by atoms with Crippen LogP contribution in [0.5, 0.6) is 5.75 Å². The first-order valence-electron chi connectivity index (χ1n) is 6.44. The van der Waals surface area contributed by atoms with Gasteiger partial charge in [-0.25, -0.2) is 4.79 Å². The Hall–Kier alpha value is -2.24. The Morgan fingerprint density at radius 3 is 2.95 bits per heavy atom. The van der Waals surface area contributed by atoms with Crippen LogP contribution in [0.2, 0.25) is 0 Å². The minimum Gasteiger partial charge on any atom is -0.490 e. The molecule has 0 unspecified atom stereocenters. The van der Waals surface area contributed by atoms with Gasteiger partial charge in [0.2, 0.25) is 5.91 Å². The Bertz CT molecular complexity index is 540. The fourth-order valence-electron chi connectivity index (χ4n) is 1.73. The predicted molar refractivity (Wildman–Crippen MR) is 75.0 cm³/mol. The normalized spacial score (nSPS) is 16.2. The van der Waals surface area contributed by atoms with Crippen molar-refractivity contribution in [3.8, 4) is 5.75 Å². The van der Waals surface area contributed by atoms with Gasteiger partial charge in [-0.05, 0) is 39.0 Å². The smallest absolute Gasteiger partial charge is 0.411 e. The fraction of sp³-hybridized carbons (Fsp3) is 0.429. The topological polar surface area (TPSA) is 76.7 Å². The molecule has 0 bridgehead atoms. The van der Waals surface area contributed by atoms with Crippen LogP contribution in [-0.2, 0) is 9.53 Å². The summed E-state index contributed by atoms with van der Waals surface area (Å²) in [6, 6.07) is 5.05. The van der Waals surface area contributed by atoms with E-state index in [1.165, 1.54) is 0 Å². The quantitative estimate of drug-likeness (QED) is 0.871. The molecule has 108 valence electrons. The zero-order chi connectivity index (χ0) is 14.8. The number of benzene rings is 1. The Labute approximate surface area is 117 Å². The second-order valence-corrected chi connectivity index (χ2v) is 5.18. The third kappa shape index (κ3) is 3.01.